The molecule has 0 fully saturated rings. The zero-order valence-electron chi connectivity index (χ0n) is 36.8. The molecular formula is C47H53ClN2NaO8S2+. The molecule has 0 spiro atoms. The Morgan fingerprint density at radius 3 is 2.15 bits per heavy atom. The van der Waals surface area contributed by atoms with Crippen LogP contribution in [0.3, 0.4) is 0 Å². The van der Waals surface area contributed by atoms with E-state index in [-0.39, 0.29) is 53.6 Å². The van der Waals surface area contributed by atoms with Gasteiger partial charge in [0, 0.05) is 50.9 Å². The van der Waals surface area contributed by atoms with Gasteiger partial charge in [-0.25, -0.2) is 5.26 Å². The molecule has 0 unspecified atom stereocenters. The van der Waals surface area contributed by atoms with Crippen LogP contribution in [0.2, 0.25) is 0 Å². The van der Waals surface area contributed by atoms with E-state index < -0.39 is 21.1 Å². The third kappa shape index (κ3) is 9.66. The van der Waals surface area contributed by atoms with Crippen LogP contribution in [-0.2, 0) is 41.9 Å². The smallest absolute Gasteiger partial charge is 0.710 e. The van der Waals surface area contributed by atoms with Crippen molar-refractivity contribution < 1.29 is 72.4 Å². The molecule has 318 valence electrons. The summed E-state index contributed by atoms with van der Waals surface area (Å²) in [7, 11) is 3.36. The van der Waals surface area contributed by atoms with E-state index in [0.29, 0.717) is 5.03 Å². The number of fused-ring (bicyclic) bond motifs is 2. The number of benzene rings is 2. The molecule has 0 amide bonds. The summed E-state index contributed by atoms with van der Waals surface area (Å²) < 4.78 is 21.4. The van der Waals surface area contributed by atoms with E-state index in [1.54, 1.807) is 14.2 Å². The number of nitrogens with zero attached hydrogens (tertiary/aromatic N) is 2. The van der Waals surface area contributed by atoms with Crippen LogP contribution in [0.15, 0.2) is 64.4 Å². The topological polar surface area (TPSA) is 121 Å². The van der Waals surface area contributed by atoms with E-state index in [1.807, 2.05) is 9.48 Å². The molecule has 2 aliphatic heterocycles. The Balaban J connectivity index is 0.00000819. The molecule has 0 saturated carbocycles. The second kappa shape index (κ2) is 22.4. The van der Waals surface area contributed by atoms with Gasteiger partial charge in [-0.15, -0.1) is 4.58 Å². The fraction of sp³-hybridized carbons (Fsp3) is 0.426. The molecular weight excluding hydrogens is 843 g/mol. The third-order valence-corrected chi connectivity index (χ3v) is 13.6. The molecule has 61 heavy (non-hydrogen) atoms. The molecule has 2 heterocycles. The van der Waals surface area contributed by atoms with Gasteiger partial charge in [0.25, 0.3) is 10.2 Å². The van der Waals surface area contributed by atoms with E-state index in [1.165, 1.54) is 0 Å². The van der Waals surface area contributed by atoms with Crippen LogP contribution < -0.4 is 49.2 Å². The Morgan fingerprint density at radius 2 is 1.56 bits per heavy atom. The Kier molecular flexibility index (Phi) is 18.5. The molecule has 3 aliphatic rings. The SMILES string of the molecule is CCc1cc2c(cc1OC)C(CC)(CC)/C(=C/C=C1\CCCC(/C=C/C3=[N+](C#CC(=O)SOO)c4c(cc(OC)c(CC)c4C)C3(CC)CC)=C1Cl)N2C#CC(=O)SO[O-].[Na+]. The van der Waals surface area contributed by atoms with Gasteiger partial charge < -0.3 is 19.1 Å². The number of methoxy groups -OCH3 is 2. The van der Waals surface area contributed by atoms with Gasteiger partial charge in [-0.1, -0.05) is 65.3 Å². The normalized spacial score (nSPS) is 17.5. The van der Waals surface area contributed by atoms with Crippen molar-refractivity contribution in [2.45, 2.75) is 117 Å². The van der Waals surface area contributed by atoms with E-state index in [2.05, 4.69) is 124 Å². The summed E-state index contributed by atoms with van der Waals surface area (Å²) in [4.78, 5) is 26.8. The van der Waals surface area contributed by atoms with Gasteiger partial charge in [-0.2, -0.15) is 4.33 Å². The largest absolute Gasteiger partial charge is 1.00 e. The van der Waals surface area contributed by atoms with Crippen LogP contribution in [0.25, 0.3) is 0 Å². The number of anilines is 1. The van der Waals surface area contributed by atoms with Crippen LogP contribution in [0.4, 0.5) is 11.4 Å². The maximum atomic E-state index is 12.5. The molecule has 0 bridgehead atoms. The molecule has 5 rings (SSSR count). The summed E-state index contributed by atoms with van der Waals surface area (Å²) in [5.74, 6) is 6.85. The zero-order chi connectivity index (χ0) is 43.8. The molecule has 0 saturated heterocycles. The summed E-state index contributed by atoms with van der Waals surface area (Å²) in [6.07, 6.45) is 15.2. The molecule has 2 aromatic rings. The first-order chi connectivity index (χ1) is 28.9. The zero-order valence-corrected chi connectivity index (χ0v) is 41.2. The second-order valence-electron chi connectivity index (χ2n) is 14.7. The van der Waals surface area contributed by atoms with E-state index in [9.17, 15) is 14.8 Å². The second-order valence-corrected chi connectivity index (χ2v) is 16.5. The third-order valence-electron chi connectivity index (χ3n) is 12.5. The average Bonchev–Trinajstić information content (AvgIpc) is 3.68. The number of ether oxygens (including phenoxy) is 2. The molecule has 2 aromatic carbocycles. The van der Waals surface area contributed by atoms with Gasteiger partial charge in [-0.3, -0.25) is 14.5 Å². The van der Waals surface area contributed by atoms with Gasteiger partial charge in [0.1, 0.15) is 23.5 Å². The predicted octanol–water partition coefficient (Wildman–Crippen LogP) is 6.97. The van der Waals surface area contributed by atoms with Crippen molar-refractivity contribution in [1.82, 2.24) is 0 Å². The standard InChI is InChI=1S/C47H53ClN2O8S2.Na/c1-10-31-27-37-35(28-38(31)55-8)46(12-3,13-4)40(49(37)25-23-42(51)59-57-53)21-19-32-17-16-18-33(44(32)48)20-22-41-47(14-5,15-6)36-29-39(56-9)34(11-2)30(7)45(36)50(41)26-24-43(52)60-58-54;/h19-22,27-29H,10-18H2,1-9H3,(H-,53,54);/q;+1. The van der Waals surface area contributed by atoms with E-state index >= 15 is 0 Å². The van der Waals surface area contributed by atoms with Crippen LogP contribution in [0, 0.1) is 30.9 Å². The first-order valence-electron chi connectivity index (χ1n) is 20.4. The van der Waals surface area contributed by atoms with E-state index in [0.717, 1.165) is 131 Å². The molecule has 0 atom stereocenters. The van der Waals surface area contributed by atoms with Crippen molar-refractivity contribution in [3.05, 3.63) is 92.2 Å². The fourth-order valence-electron chi connectivity index (χ4n) is 9.26. The first-order valence-corrected chi connectivity index (χ1v) is 22.2. The Labute approximate surface area is 396 Å². The van der Waals surface area contributed by atoms with Gasteiger partial charge in [-0.05, 0) is 111 Å². The van der Waals surface area contributed by atoms with Crippen molar-refractivity contribution in [3.8, 4) is 35.4 Å². The van der Waals surface area contributed by atoms with Crippen molar-refractivity contribution in [2.75, 3.05) is 19.1 Å². The van der Waals surface area contributed by atoms with Crippen molar-refractivity contribution in [3.63, 3.8) is 0 Å². The average molecular weight is 897 g/mol. The summed E-state index contributed by atoms with van der Waals surface area (Å²) in [6, 6.07) is 12.4. The van der Waals surface area contributed by atoms with Crippen molar-refractivity contribution >= 4 is 63.0 Å². The molecule has 1 N–H and O–H groups in total. The fourth-order valence-corrected chi connectivity index (χ4v) is 9.88. The summed E-state index contributed by atoms with van der Waals surface area (Å²) >= 11 is 7.76. The van der Waals surface area contributed by atoms with Crippen molar-refractivity contribution in [1.29, 1.82) is 0 Å². The number of hydrogen-bond acceptors (Lipinski definition) is 11. The molecule has 0 radical (unpaired) electrons. The Hall–Kier alpha value is -3.24. The quantitative estimate of drug-likeness (QED) is 0.0561. The molecule has 1 aliphatic carbocycles. The van der Waals surface area contributed by atoms with Crippen molar-refractivity contribution in [2.24, 2.45) is 0 Å². The number of carbonyl (C=O) groups excluding carboxylic acids is 2. The summed E-state index contributed by atoms with van der Waals surface area (Å²) in [5, 5.41) is 19.0. The number of aryl methyl sites for hydroxylation is 1. The van der Waals surface area contributed by atoms with Crippen LogP contribution in [0.1, 0.15) is 114 Å². The van der Waals surface area contributed by atoms with Crippen LogP contribution in [-0.4, -0.2) is 40.0 Å². The Morgan fingerprint density at radius 1 is 0.902 bits per heavy atom. The van der Waals surface area contributed by atoms with Gasteiger partial charge in [0.2, 0.25) is 17.4 Å². The Bertz CT molecular complexity index is 2320. The minimum absolute atomic E-state index is 0. The van der Waals surface area contributed by atoms with Gasteiger partial charge in [0.05, 0.1) is 43.3 Å². The maximum Gasteiger partial charge on any atom is 1.00 e. The monoisotopic (exact) mass is 895 g/mol. The summed E-state index contributed by atoms with van der Waals surface area (Å²) in [6.45, 7) is 14.8. The molecule has 0 aromatic heterocycles. The summed E-state index contributed by atoms with van der Waals surface area (Å²) in [5.41, 5.74) is 9.84. The number of rotatable bonds is 13. The van der Waals surface area contributed by atoms with Crippen LogP contribution in [0.5, 0.6) is 11.5 Å². The molecule has 14 heteroatoms. The minimum Gasteiger partial charge on any atom is -0.710 e. The molecule has 10 nitrogen and oxygen atoms in total. The number of allylic oxidation sites excluding steroid dienone is 8. The maximum absolute atomic E-state index is 12.5. The first kappa shape index (κ1) is 50.4. The minimum atomic E-state index is -0.693. The number of hydrogen-bond donors (Lipinski definition) is 1. The van der Waals surface area contributed by atoms with Gasteiger partial charge >= 0.3 is 29.6 Å². The predicted molar refractivity (Wildman–Crippen MR) is 239 cm³/mol. The number of carbonyl (C=O) groups is 2. The van der Waals surface area contributed by atoms with E-state index in [4.69, 9.17) is 26.3 Å². The number of halogens is 1. The van der Waals surface area contributed by atoms with Gasteiger partial charge in [0.15, 0.2) is 0 Å². The van der Waals surface area contributed by atoms with Crippen LogP contribution >= 0.6 is 35.7 Å².